The van der Waals surface area contributed by atoms with Gasteiger partial charge in [0.15, 0.2) is 0 Å². The molecule has 0 saturated carbocycles. The van der Waals surface area contributed by atoms with E-state index in [0.717, 1.165) is 19.4 Å². The van der Waals surface area contributed by atoms with Gasteiger partial charge in [-0.1, -0.05) is 20.8 Å². The van der Waals surface area contributed by atoms with Crippen LogP contribution in [0.2, 0.25) is 0 Å². The van der Waals surface area contributed by atoms with Crippen molar-refractivity contribution in [1.29, 1.82) is 0 Å². The maximum atomic E-state index is 9.10. The molecule has 0 aromatic rings. The van der Waals surface area contributed by atoms with Crippen molar-refractivity contribution in [3.8, 4) is 0 Å². The maximum absolute atomic E-state index is 9.10. The van der Waals surface area contributed by atoms with Crippen molar-refractivity contribution in [2.45, 2.75) is 33.3 Å². The van der Waals surface area contributed by atoms with Crippen molar-refractivity contribution in [1.82, 2.24) is 0 Å². The van der Waals surface area contributed by atoms with E-state index >= 15 is 0 Å². The summed E-state index contributed by atoms with van der Waals surface area (Å²) >= 11 is 0. The fourth-order valence-corrected chi connectivity index (χ4v) is 0.706. The molecule has 0 aliphatic carbocycles. The van der Waals surface area contributed by atoms with Gasteiger partial charge in [-0.05, 0) is 6.42 Å². The summed E-state index contributed by atoms with van der Waals surface area (Å²) in [6, 6.07) is 0. The molecule has 0 amide bonds. The number of unbranched alkanes of at least 4 members (excludes halogenated alkanes) is 1. The van der Waals surface area contributed by atoms with Gasteiger partial charge in [0, 0.05) is 13.7 Å². The molecule has 0 saturated heterocycles. The molecule has 0 radical (unpaired) electrons. The molecule has 0 bridgehead atoms. The highest BCUT2D eigenvalue weighted by molar-refractivity contribution is 4.49. The zero-order valence-corrected chi connectivity index (χ0v) is 7.38. The normalized spacial score (nSPS) is 12.2. The Morgan fingerprint density at radius 2 is 2.00 bits per heavy atom. The van der Waals surface area contributed by atoms with Crippen LogP contribution >= 0.6 is 0 Å². The largest absolute Gasteiger partial charge is 0.388 e. The molecule has 12 heavy (non-hydrogen) atoms. The zero-order valence-electron chi connectivity index (χ0n) is 7.38. The van der Waals surface area contributed by atoms with Crippen LogP contribution in [0.25, 0.3) is 0 Å². The molecule has 0 fully saturated rings. The van der Waals surface area contributed by atoms with Gasteiger partial charge in [0.25, 0.3) is 0 Å². The second-order valence-corrected chi connectivity index (χ2v) is 2.54. The van der Waals surface area contributed by atoms with E-state index in [1.54, 1.807) is 7.11 Å². The topological polar surface area (TPSA) is 38.7 Å². The standard InChI is InChI=1S/C8H18O3.CH4/c1-3-4-5-11-7-8(9)6-10-2;/h8-9H,3-7H2,1-2H3;1H4. The fraction of sp³-hybridized carbons (Fsp3) is 1.00. The summed E-state index contributed by atoms with van der Waals surface area (Å²) in [6.07, 6.45) is 1.71. The van der Waals surface area contributed by atoms with Crippen LogP contribution in [-0.4, -0.2) is 38.1 Å². The SMILES string of the molecule is C.CCCCOCC(O)COC. The van der Waals surface area contributed by atoms with E-state index in [1.807, 2.05) is 0 Å². The summed E-state index contributed by atoms with van der Waals surface area (Å²) in [5, 5.41) is 9.10. The molecule has 0 aromatic heterocycles. The lowest BCUT2D eigenvalue weighted by Crippen LogP contribution is -2.21. The molecule has 1 N–H and O–H groups in total. The van der Waals surface area contributed by atoms with Gasteiger partial charge in [0.1, 0.15) is 6.10 Å². The fourth-order valence-electron chi connectivity index (χ4n) is 0.706. The van der Waals surface area contributed by atoms with E-state index in [0.29, 0.717) is 13.2 Å². The first kappa shape index (κ1) is 14.4. The van der Waals surface area contributed by atoms with Crippen LogP contribution in [0.4, 0.5) is 0 Å². The van der Waals surface area contributed by atoms with E-state index in [1.165, 1.54) is 0 Å². The lowest BCUT2D eigenvalue weighted by atomic mass is 10.3. The van der Waals surface area contributed by atoms with Gasteiger partial charge in [0.2, 0.25) is 0 Å². The molecule has 3 nitrogen and oxygen atoms in total. The first-order chi connectivity index (χ1) is 5.31. The first-order valence-electron chi connectivity index (χ1n) is 4.06. The van der Waals surface area contributed by atoms with E-state index in [2.05, 4.69) is 6.92 Å². The molecule has 3 heteroatoms. The molecular weight excluding hydrogens is 156 g/mol. The van der Waals surface area contributed by atoms with Crippen LogP contribution in [0.15, 0.2) is 0 Å². The summed E-state index contributed by atoms with van der Waals surface area (Å²) in [5.41, 5.74) is 0. The van der Waals surface area contributed by atoms with Crippen molar-refractivity contribution in [3.05, 3.63) is 0 Å². The van der Waals surface area contributed by atoms with Gasteiger partial charge in [0.05, 0.1) is 13.2 Å². The summed E-state index contributed by atoms with van der Waals surface area (Å²) in [5.74, 6) is 0. The third-order valence-electron chi connectivity index (χ3n) is 1.31. The Morgan fingerprint density at radius 3 is 2.50 bits per heavy atom. The molecule has 0 rings (SSSR count). The molecule has 0 heterocycles. The Kier molecular flexibility index (Phi) is 13.1. The quantitative estimate of drug-likeness (QED) is 0.600. The summed E-state index contributed by atoms with van der Waals surface area (Å²) < 4.78 is 9.89. The van der Waals surface area contributed by atoms with E-state index in [-0.39, 0.29) is 7.43 Å². The minimum Gasteiger partial charge on any atom is -0.388 e. The lowest BCUT2D eigenvalue weighted by Gasteiger charge is -2.09. The van der Waals surface area contributed by atoms with Crippen molar-refractivity contribution in [2.24, 2.45) is 0 Å². The highest BCUT2D eigenvalue weighted by atomic mass is 16.5. The van der Waals surface area contributed by atoms with E-state index < -0.39 is 6.10 Å². The average Bonchev–Trinajstić information content (AvgIpc) is 1.99. The molecule has 0 spiro atoms. The van der Waals surface area contributed by atoms with Gasteiger partial charge in [-0.15, -0.1) is 0 Å². The van der Waals surface area contributed by atoms with E-state index in [4.69, 9.17) is 14.6 Å². The molecule has 1 unspecified atom stereocenters. The Morgan fingerprint density at radius 1 is 1.33 bits per heavy atom. The van der Waals surface area contributed by atoms with Gasteiger partial charge >= 0.3 is 0 Å². The van der Waals surface area contributed by atoms with Gasteiger partial charge < -0.3 is 14.6 Å². The molecule has 0 aliphatic heterocycles. The minimum absolute atomic E-state index is 0. The number of ether oxygens (including phenoxy) is 2. The number of rotatable bonds is 7. The van der Waals surface area contributed by atoms with Crippen molar-refractivity contribution in [3.63, 3.8) is 0 Å². The number of hydrogen-bond donors (Lipinski definition) is 1. The van der Waals surface area contributed by atoms with Gasteiger partial charge in [-0.2, -0.15) is 0 Å². The van der Waals surface area contributed by atoms with Crippen LogP contribution in [0.5, 0.6) is 0 Å². The van der Waals surface area contributed by atoms with Crippen molar-refractivity contribution >= 4 is 0 Å². The second kappa shape index (κ2) is 10.9. The maximum Gasteiger partial charge on any atom is 0.101 e. The predicted octanol–water partition coefficient (Wildman–Crippen LogP) is 1.45. The van der Waals surface area contributed by atoms with Crippen LogP contribution in [0.1, 0.15) is 27.2 Å². The number of hydrogen-bond acceptors (Lipinski definition) is 3. The Hall–Kier alpha value is -0.120. The van der Waals surface area contributed by atoms with Crippen molar-refractivity contribution in [2.75, 3.05) is 26.9 Å². The third kappa shape index (κ3) is 9.88. The number of methoxy groups -OCH3 is 1. The molecular formula is C9H22O3. The highest BCUT2D eigenvalue weighted by Crippen LogP contribution is 1.90. The zero-order chi connectivity index (χ0) is 8.53. The van der Waals surface area contributed by atoms with Crippen LogP contribution in [0.3, 0.4) is 0 Å². The number of aliphatic hydroxyl groups is 1. The minimum atomic E-state index is -0.475. The summed E-state index contributed by atoms with van der Waals surface area (Å²) in [6.45, 7) is 3.58. The van der Waals surface area contributed by atoms with Crippen molar-refractivity contribution < 1.29 is 14.6 Å². The van der Waals surface area contributed by atoms with Gasteiger partial charge in [-0.3, -0.25) is 0 Å². The smallest absolute Gasteiger partial charge is 0.101 e. The Labute approximate surface area is 75.7 Å². The second-order valence-electron chi connectivity index (χ2n) is 2.54. The molecule has 1 atom stereocenters. The average molecular weight is 178 g/mol. The number of aliphatic hydroxyl groups excluding tert-OH is 1. The Balaban J connectivity index is 0. The predicted molar refractivity (Wildman–Crippen MR) is 50.3 cm³/mol. The first-order valence-corrected chi connectivity index (χ1v) is 4.06. The molecule has 0 aromatic carbocycles. The lowest BCUT2D eigenvalue weighted by molar-refractivity contribution is -0.00658. The molecule has 76 valence electrons. The molecule has 0 aliphatic rings. The van der Waals surface area contributed by atoms with Crippen LogP contribution in [0, 0.1) is 0 Å². The highest BCUT2D eigenvalue weighted by Gasteiger charge is 2.01. The van der Waals surface area contributed by atoms with Gasteiger partial charge in [-0.25, -0.2) is 0 Å². The monoisotopic (exact) mass is 178 g/mol. The van der Waals surface area contributed by atoms with Crippen LogP contribution in [-0.2, 0) is 9.47 Å². The van der Waals surface area contributed by atoms with Crippen LogP contribution < -0.4 is 0 Å². The Bertz CT molecular complexity index is 76.2. The third-order valence-corrected chi connectivity index (χ3v) is 1.31. The summed E-state index contributed by atoms with van der Waals surface area (Å²) in [4.78, 5) is 0. The summed E-state index contributed by atoms with van der Waals surface area (Å²) in [7, 11) is 1.56. The van der Waals surface area contributed by atoms with E-state index in [9.17, 15) is 0 Å².